The van der Waals surface area contributed by atoms with Crippen molar-refractivity contribution in [3.63, 3.8) is 0 Å². The Bertz CT molecular complexity index is 566. The number of esters is 1. The molecule has 1 aromatic rings. The summed E-state index contributed by atoms with van der Waals surface area (Å²) in [6, 6.07) is 6.92. The molecule has 0 aliphatic heterocycles. The SMILES string of the molecule is CC(C)(C)OC(=O)c1cccc(C=N[S@](=O)C(C)(C)C)c1. The van der Waals surface area contributed by atoms with Crippen molar-refractivity contribution in [2.24, 2.45) is 4.40 Å². The van der Waals surface area contributed by atoms with E-state index in [1.165, 1.54) is 6.21 Å². The lowest BCUT2D eigenvalue weighted by molar-refractivity contribution is 0.00695. The number of carbonyl (C=O) groups is 1. The van der Waals surface area contributed by atoms with Gasteiger partial charge in [-0.2, -0.15) is 4.40 Å². The first-order valence-electron chi connectivity index (χ1n) is 6.78. The Balaban J connectivity index is 2.89. The van der Waals surface area contributed by atoms with Gasteiger partial charge in [0.15, 0.2) is 0 Å². The van der Waals surface area contributed by atoms with Crippen molar-refractivity contribution in [2.75, 3.05) is 0 Å². The Morgan fingerprint density at radius 2 is 1.81 bits per heavy atom. The Labute approximate surface area is 129 Å². The zero-order valence-electron chi connectivity index (χ0n) is 13.5. The molecule has 1 rings (SSSR count). The van der Waals surface area contributed by atoms with Crippen molar-refractivity contribution >= 4 is 23.2 Å². The molecule has 5 heteroatoms. The number of carbonyl (C=O) groups excluding carboxylic acids is 1. The van der Waals surface area contributed by atoms with Crippen molar-refractivity contribution in [3.05, 3.63) is 35.4 Å². The van der Waals surface area contributed by atoms with Crippen LogP contribution in [0.3, 0.4) is 0 Å². The van der Waals surface area contributed by atoms with Crippen LogP contribution in [0.2, 0.25) is 0 Å². The molecule has 116 valence electrons. The predicted molar refractivity (Wildman–Crippen MR) is 87.1 cm³/mol. The molecule has 0 N–H and O–H groups in total. The molecule has 0 aliphatic rings. The molecule has 1 aromatic carbocycles. The Morgan fingerprint density at radius 1 is 1.19 bits per heavy atom. The minimum Gasteiger partial charge on any atom is -0.456 e. The average Bonchev–Trinajstić information content (AvgIpc) is 2.33. The summed E-state index contributed by atoms with van der Waals surface area (Å²) < 4.78 is 20.8. The fraction of sp³-hybridized carbons (Fsp3) is 0.500. The molecule has 0 saturated carbocycles. The fourth-order valence-corrected chi connectivity index (χ4v) is 1.88. The van der Waals surface area contributed by atoms with Crippen LogP contribution in [0.4, 0.5) is 0 Å². The van der Waals surface area contributed by atoms with Gasteiger partial charge in [-0.1, -0.05) is 12.1 Å². The predicted octanol–water partition coefficient (Wildman–Crippen LogP) is 3.52. The second kappa shape index (κ2) is 6.52. The molecule has 1 atom stereocenters. The van der Waals surface area contributed by atoms with E-state index in [1.54, 1.807) is 24.3 Å². The standard InChI is InChI=1S/C16H23NO3S/c1-15(2,3)20-14(18)13-9-7-8-12(10-13)11-17-21(19)16(4,5)6/h7-11H,1-6H3/t21-/m1/s1. The number of ether oxygens (including phenoxy) is 1. The number of nitrogens with zero attached hydrogens (tertiary/aromatic N) is 1. The number of hydrogen-bond acceptors (Lipinski definition) is 3. The van der Waals surface area contributed by atoms with Crippen LogP contribution in [-0.4, -0.2) is 26.7 Å². The minimum absolute atomic E-state index is 0.380. The molecule has 0 amide bonds. The monoisotopic (exact) mass is 309 g/mol. The molecular formula is C16H23NO3S. The van der Waals surface area contributed by atoms with Gasteiger partial charge in [0.25, 0.3) is 0 Å². The van der Waals surface area contributed by atoms with Crippen molar-refractivity contribution in [1.82, 2.24) is 0 Å². The van der Waals surface area contributed by atoms with E-state index in [4.69, 9.17) is 4.74 Å². The molecule has 4 nitrogen and oxygen atoms in total. The highest BCUT2D eigenvalue weighted by molar-refractivity contribution is 7.85. The lowest BCUT2D eigenvalue weighted by Crippen LogP contribution is -2.23. The molecule has 0 heterocycles. The molecule has 0 fully saturated rings. The summed E-state index contributed by atoms with van der Waals surface area (Å²) in [5.74, 6) is -0.380. The highest BCUT2D eigenvalue weighted by Crippen LogP contribution is 2.14. The summed E-state index contributed by atoms with van der Waals surface area (Å²) in [6.45, 7) is 11.0. The highest BCUT2D eigenvalue weighted by atomic mass is 32.2. The Kier molecular flexibility index (Phi) is 5.45. The molecule has 21 heavy (non-hydrogen) atoms. The van der Waals surface area contributed by atoms with Crippen LogP contribution in [0.1, 0.15) is 57.5 Å². The van der Waals surface area contributed by atoms with Gasteiger partial charge in [0, 0.05) is 6.21 Å². The lowest BCUT2D eigenvalue weighted by Gasteiger charge is -2.19. The molecule has 0 unspecified atom stereocenters. The van der Waals surface area contributed by atoms with Gasteiger partial charge in [0.1, 0.15) is 16.6 Å². The van der Waals surface area contributed by atoms with Gasteiger partial charge in [-0.05, 0) is 59.2 Å². The first-order chi connectivity index (χ1) is 9.49. The van der Waals surface area contributed by atoms with E-state index in [0.29, 0.717) is 5.56 Å². The third-order valence-electron chi connectivity index (χ3n) is 2.34. The summed E-state index contributed by atoms with van der Waals surface area (Å²) in [5.41, 5.74) is 0.640. The van der Waals surface area contributed by atoms with Crippen LogP contribution >= 0.6 is 0 Å². The zero-order chi connectivity index (χ0) is 16.3. The molecule has 0 spiro atoms. The summed E-state index contributed by atoms with van der Waals surface area (Å²) in [7, 11) is -1.32. The maximum Gasteiger partial charge on any atom is 0.338 e. The van der Waals surface area contributed by atoms with Crippen molar-refractivity contribution in [1.29, 1.82) is 0 Å². The fourth-order valence-electron chi connectivity index (χ4n) is 1.35. The van der Waals surface area contributed by atoms with Crippen LogP contribution in [0, 0.1) is 0 Å². The molecule has 0 saturated heterocycles. The molecule has 0 aromatic heterocycles. The van der Waals surface area contributed by atoms with Crippen LogP contribution < -0.4 is 0 Å². The largest absolute Gasteiger partial charge is 0.456 e. The summed E-state index contributed by atoms with van der Waals surface area (Å²) in [6.07, 6.45) is 1.52. The lowest BCUT2D eigenvalue weighted by atomic mass is 10.1. The second-order valence-corrected chi connectivity index (χ2v) is 8.66. The van der Waals surface area contributed by atoms with Crippen LogP contribution in [0.25, 0.3) is 0 Å². The Morgan fingerprint density at radius 3 is 2.33 bits per heavy atom. The smallest absolute Gasteiger partial charge is 0.338 e. The van der Waals surface area contributed by atoms with E-state index >= 15 is 0 Å². The molecular weight excluding hydrogens is 286 g/mol. The number of benzene rings is 1. The normalized spacial score (nSPS) is 14.2. The summed E-state index contributed by atoms with van der Waals surface area (Å²) >= 11 is 0. The van der Waals surface area contributed by atoms with Gasteiger partial charge < -0.3 is 4.74 Å². The van der Waals surface area contributed by atoms with Gasteiger partial charge in [-0.3, -0.25) is 0 Å². The first-order valence-corrected chi connectivity index (χ1v) is 7.89. The summed E-state index contributed by atoms with van der Waals surface area (Å²) in [5, 5.41) is 0. The zero-order valence-corrected chi connectivity index (χ0v) is 14.3. The van der Waals surface area contributed by atoms with Crippen LogP contribution in [0.5, 0.6) is 0 Å². The second-order valence-electron chi connectivity index (χ2n) is 6.72. The third kappa shape index (κ3) is 6.21. The van der Waals surface area contributed by atoms with Crippen molar-refractivity contribution < 1.29 is 13.7 Å². The third-order valence-corrected chi connectivity index (χ3v) is 3.69. The molecule has 0 bridgehead atoms. The van der Waals surface area contributed by atoms with E-state index in [0.717, 1.165) is 5.56 Å². The van der Waals surface area contributed by atoms with E-state index in [1.807, 2.05) is 41.5 Å². The van der Waals surface area contributed by atoms with Crippen LogP contribution in [-0.2, 0) is 15.7 Å². The van der Waals surface area contributed by atoms with Crippen molar-refractivity contribution in [3.8, 4) is 0 Å². The van der Waals surface area contributed by atoms with Gasteiger partial charge >= 0.3 is 5.97 Å². The van der Waals surface area contributed by atoms with E-state index < -0.39 is 21.3 Å². The van der Waals surface area contributed by atoms with E-state index in [2.05, 4.69) is 4.40 Å². The van der Waals surface area contributed by atoms with E-state index in [9.17, 15) is 9.00 Å². The first kappa shape index (κ1) is 17.6. The highest BCUT2D eigenvalue weighted by Gasteiger charge is 2.19. The van der Waals surface area contributed by atoms with Gasteiger partial charge in [0.2, 0.25) is 0 Å². The molecule has 0 aliphatic carbocycles. The van der Waals surface area contributed by atoms with Gasteiger partial charge in [0.05, 0.1) is 10.3 Å². The average molecular weight is 309 g/mol. The summed E-state index contributed by atoms with van der Waals surface area (Å²) in [4.78, 5) is 12.0. The quantitative estimate of drug-likeness (QED) is 0.634. The van der Waals surface area contributed by atoms with Crippen molar-refractivity contribution in [2.45, 2.75) is 51.9 Å². The number of hydrogen-bond donors (Lipinski definition) is 0. The maximum atomic E-state index is 12.0. The number of rotatable bonds is 3. The van der Waals surface area contributed by atoms with Crippen LogP contribution in [0.15, 0.2) is 28.7 Å². The maximum absolute atomic E-state index is 12.0. The molecule has 0 radical (unpaired) electrons. The topological polar surface area (TPSA) is 55.7 Å². The minimum atomic E-state index is -1.32. The Hall–Kier alpha value is -1.49. The van der Waals surface area contributed by atoms with Gasteiger partial charge in [-0.25, -0.2) is 9.00 Å². The van der Waals surface area contributed by atoms with Gasteiger partial charge in [-0.15, -0.1) is 0 Å². The van der Waals surface area contributed by atoms with E-state index in [-0.39, 0.29) is 5.97 Å².